The van der Waals surface area contributed by atoms with Crippen molar-refractivity contribution < 1.29 is 9.13 Å². The van der Waals surface area contributed by atoms with Gasteiger partial charge in [0.25, 0.3) is 0 Å². The van der Waals surface area contributed by atoms with Gasteiger partial charge in [0.1, 0.15) is 6.61 Å². The molecule has 0 aromatic heterocycles. The summed E-state index contributed by atoms with van der Waals surface area (Å²) in [6.45, 7) is 1.38. The minimum atomic E-state index is -0.279. The number of hydrogen-bond donors (Lipinski definition) is 0. The first-order valence-electron chi connectivity index (χ1n) is 3.91. The van der Waals surface area contributed by atoms with Gasteiger partial charge in [-0.25, -0.2) is 4.39 Å². The summed E-state index contributed by atoms with van der Waals surface area (Å²) in [5, 5.41) is 0. The lowest BCUT2D eigenvalue weighted by Crippen LogP contribution is -2.29. The van der Waals surface area contributed by atoms with Gasteiger partial charge in [-0.05, 0) is 12.1 Å². The Kier molecular flexibility index (Phi) is 1.64. The molecular formula is C9H10FNO. The van der Waals surface area contributed by atoms with Crippen molar-refractivity contribution in [3.8, 4) is 5.75 Å². The molecule has 0 saturated heterocycles. The van der Waals surface area contributed by atoms with Crippen LogP contribution in [0.25, 0.3) is 0 Å². The summed E-state index contributed by atoms with van der Waals surface area (Å²) in [5.41, 5.74) is 0.834. The molecular weight excluding hydrogens is 157 g/mol. The highest BCUT2D eigenvalue weighted by atomic mass is 19.1. The van der Waals surface area contributed by atoms with Gasteiger partial charge in [-0.2, -0.15) is 0 Å². The number of para-hydroxylation sites is 1. The predicted octanol–water partition coefficient (Wildman–Crippen LogP) is 1.65. The van der Waals surface area contributed by atoms with Crippen molar-refractivity contribution in [3.05, 3.63) is 24.0 Å². The highest BCUT2D eigenvalue weighted by Crippen LogP contribution is 2.32. The molecule has 0 unspecified atom stereocenters. The number of likely N-dealkylation sites (N-methyl/N-ethyl adjacent to an activating group) is 1. The SMILES string of the molecule is CN1CCOc2c(F)cccc21. The van der Waals surface area contributed by atoms with Crippen LogP contribution in [-0.2, 0) is 0 Å². The Hall–Kier alpha value is -1.25. The molecule has 1 aromatic carbocycles. The van der Waals surface area contributed by atoms with E-state index in [1.165, 1.54) is 6.07 Å². The van der Waals surface area contributed by atoms with Crippen LogP contribution in [0.3, 0.4) is 0 Å². The fraction of sp³-hybridized carbons (Fsp3) is 0.333. The van der Waals surface area contributed by atoms with Crippen LogP contribution < -0.4 is 9.64 Å². The van der Waals surface area contributed by atoms with Gasteiger partial charge in [-0.1, -0.05) is 6.07 Å². The molecule has 0 atom stereocenters. The second-order valence-corrected chi connectivity index (χ2v) is 2.86. The minimum absolute atomic E-state index is 0.279. The number of halogens is 1. The van der Waals surface area contributed by atoms with E-state index < -0.39 is 0 Å². The summed E-state index contributed by atoms with van der Waals surface area (Å²) >= 11 is 0. The summed E-state index contributed by atoms with van der Waals surface area (Å²) in [6, 6.07) is 4.97. The fourth-order valence-corrected chi connectivity index (χ4v) is 1.35. The summed E-state index contributed by atoms with van der Waals surface area (Å²) in [5.74, 6) is 0.102. The Morgan fingerprint density at radius 2 is 2.33 bits per heavy atom. The van der Waals surface area contributed by atoms with Crippen LogP contribution >= 0.6 is 0 Å². The molecule has 2 rings (SSSR count). The Bertz CT molecular complexity index is 301. The highest BCUT2D eigenvalue weighted by molar-refractivity contribution is 5.59. The zero-order valence-corrected chi connectivity index (χ0v) is 6.88. The smallest absolute Gasteiger partial charge is 0.178 e. The van der Waals surface area contributed by atoms with Crippen molar-refractivity contribution >= 4 is 5.69 Å². The molecule has 0 N–H and O–H groups in total. The lowest BCUT2D eigenvalue weighted by Gasteiger charge is -2.27. The third-order valence-electron chi connectivity index (χ3n) is 2.03. The van der Waals surface area contributed by atoms with Crippen molar-refractivity contribution in [2.75, 3.05) is 25.1 Å². The van der Waals surface area contributed by atoms with Gasteiger partial charge in [-0.15, -0.1) is 0 Å². The standard InChI is InChI=1S/C9H10FNO/c1-11-5-6-12-9-7(10)3-2-4-8(9)11/h2-4H,5-6H2,1H3. The first-order valence-corrected chi connectivity index (χ1v) is 3.91. The molecule has 0 bridgehead atoms. The van der Waals surface area contributed by atoms with E-state index in [1.807, 2.05) is 18.0 Å². The number of fused-ring (bicyclic) bond motifs is 1. The van der Waals surface area contributed by atoms with E-state index in [0.29, 0.717) is 12.4 Å². The summed E-state index contributed by atoms with van der Waals surface area (Å²) in [4.78, 5) is 1.99. The predicted molar refractivity (Wildman–Crippen MR) is 45.2 cm³/mol. The minimum Gasteiger partial charge on any atom is -0.486 e. The van der Waals surface area contributed by atoms with E-state index in [2.05, 4.69) is 0 Å². The molecule has 0 radical (unpaired) electrons. The Balaban J connectivity index is 2.52. The molecule has 64 valence electrons. The van der Waals surface area contributed by atoms with E-state index in [4.69, 9.17) is 4.74 Å². The van der Waals surface area contributed by atoms with Gasteiger partial charge in [0.2, 0.25) is 0 Å². The molecule has 0 fully saturated rings. The first-order chi connectivity index (χ1) is 5.79. The quantitative estimate of drug-likeness (QED) is 0.582. The van der Waals surface area contributed by atoms with Crippen LogP contribution in [-0.4, -0.2) is 20.2 Å². The van der Waals surface area contributed by atoms with Crippen molar-refractivity contribution in [3.63, 3.8) is 0 Å². The average molecular weight is 167 g/mol. The molecule has 1 aliphatic rings. The zero-order chi connectivity index (χ0) is 8.55. The molecule has 2 nitrogen and oxygen atoms in total. The third kappa shape index (κ3) is 1.02. The summed E-state index contributed by atoms with van der Waals surface area (Å²) in [6.07, 6.45) is 0. The largest absolute Gasteiger partial charge is 0.486 e. The van der Waals surface area contributed by atoms with E-state index in [1.54, 1.807) is 6.07 Å². The number of hydrogen-bond acceptors (Lipinski definition) is 2. The van der Waals surface area contributed by atoms with E-state index in [-0.39, 0.29) is 5.82 Å². The topological polar surface area (TPSA) is 12.5 Å². The Morgan fingerprint density at radius 3 is 3.08 bits per heavy atom. The maximum absolute atomic E-state index is 13.1. The van der Waals surface area contributed by atoms with Gasteiger partial charge in [-0.3, -0.25) is 0 Å². The maximum atomic E-state index is 13.1. The van der Waals surface area contributed by atoms with Crippen molar-refractivity contribution in [1.29, 1.82) is 0 Å². The monoisotopic (exact) mass is 167 g/mol. The van der Waals surface area contributed by atoms with Crippen molar-refractivity contribution in [1.82, 2.24) is 0 Å². The molecule has 0 aliphatic carbocycles. The van der Waals surface area contributed by atoms with Crippen molar-refractivity contribution in [2.45, 2.75) is 0 Å². The highest BCUT2D eigenvalue weighted by Gasteiger charge is 2.17. The van der Waals surface area contributed by atoms with Gasteiger partial charge >= 0.3 is 0 Å². The third-order valence-corrected chi connectivity index (χ3v) is 2.03. The van der Waals surface area contributed by atoms with Gasteiger partial charge in [0, 0.05) is 7.05 Å². The van der Waals surface area contributed by atoms with Crippen LogP contribution in [0.15, 0.2) is 18.2 Å². The second-order valence-electron chi connectivity index (χ2n) is 2.86. The van der Waals surface area contributed by atoms with Crippen LogP contribution in [0.1, 0.15) is 0 Å². The summed E-state index contributed by atoms with van der Waals surface area (Å²) < 4.78 is 18.3. The van der Waals surface area contributed by atoms with Gasteiger partial charge < -0.3 is 9.64 Å². The first kappa shape index (κ1) is 7.40. The summed E-state index contributed by atoms with van der Waals surface area (Å²) in [7, 11) is 1.93. The number of benzene rings is 1. The van der Waals surface area contributed by atoms with Crippen molar-refractivity contribution in [2.24, 2.45) is 0 Å². The normalized spacial score (nSPS) is 15.3. The van der Waals surface area contributed by atoms with Crippen LogP contribution in [0.4, 0.5) is 10.1 Å². The van der Waals surface area contributed by atoms with Crippen LogP contribution in [0, 0.1) is 5.82 Å². The number of nitrogens with zero attached hydrogens (tertiary/aromatic N) is 1. The molecule has 0 spiro atoms. The van der Waals surface area contributed by atoms with Crippen LogP contribution in [0.5, 0.6) is 5.75 Å². The number of ether oxygens (including phenoxy) is 1. The maximum Gasteiger partial charge on any atom is 0.178 e. The fourth-order valence-electron chi connectivity index (χ4n) is 1.35. The number of rotatable bonds is 0. The molecule has 12 heavy (non-hydrogen) atoms. The Labute approximate surface area is 70.6 Å². The molecule has 1 heterocycles. The lowest BCUT2D eigenvalue weighted by molar-refractivity contribution is 0.295. The molecule has 0 amide bonds. The molecule has 1 aliphatic heterocycles. The van der Waals surface area contributed by atoms with Gasteiger partial charge in [0.15, 0.2) is 11.6 Å². The van der Waals surface area contributed by atoms with E-state index in [0.717, 1.165) is 12.2 Å². The van der Waals surface area contributed by atoms with E-state index >= 15 is 0 Å². The number of anilines is 1. The molecule has 3 heteroatoms. The molecule has 0 saturated carbocycles. The van der Waals surface area contributed by atoms with Crippen LogP contribution in [0.2, 0.25) is 0 Å². The van der Waals surface area contributed by atoms with E-state index in [9.17, 15) is 4.39 Å². The zero-order valence-electron chi connectivity index (χ0n) is 6.88. The average Bonchev–Trinajstić information content (AvgIpc) is 2.07. The van der Waals surface area contributed by atoms with Gasteiger partial charge in [0.05, 0.1) is 12.2 Å². The second kappa shape index (κ2) is 2.66. The Morgan fingerprint density at radius 1 is 1.50 bits per heavy atom. The molecule has 1 aromatic rings. The lowest BCUT2D eigenvalue weighted by atomic mass is 10.2.